The second-order valence-electron chi connectivity index (χ2n) is 6.13. The van der Waals surface area contributed by atoms with Crippen LogP contribution in [0.3, 0.4) is 0 Å². The highest BCUT2D eigenvalue weighted by atomic mass is 19.1. The van der Waals surface area contributed by atoms with E-state index < -0.39 is 5.54 Å². The van der Waals surface area contributed by atoms with Crippen LogP contribution in [-0.2, 0) is 5.54 Å². The number of pyridine rings is 1. The average Bonchev–Trinajstić information content (AvgIpc) is 3.16. The van der Waals surface area contributed by atoms with Crippen molar-refractivity contribution in [1.29, 1.82) is 5.26 Å². The number of nitriles is 1. The lowest BCUT2D eigenvalue weighted by Gasteiger charge is -2.31. The highest BCUT2D eigenvalue weighted by Gasteiger charge is 2.39. The van der Waals surface area contributed by atoms with E-state index in [0.717, 1.165) is 16.7 Å². The molecule has 3 aromatic rings. The van der Waals surface area contributed by atoms with Crippen LogP contribution in [0, 0.1) is 17.1 Å². The highest BCUT2D eigenvalue weighted by Crippen LogP contribution is 2.34. The van der Waals surface area contributed by atoms with Gasteiger partial charge in [0, 0.05) is 18.0 Å². The number of rotatable bonds is 3. The molecule has 0 aliphatic carbocycles. The van der Waals surface area contributed by atoms with Crippen LogP contribution in [0.1, 0.15) is 22.3 Å². The number of benzene rings is 2. The molecule has 2 aromatic carbocycles. The Morgan fingerprint density at radius 3 is 2.46 bits per heavy atom. The number of aromatic nitrogens is 1. The molecule has 1 aliphatic heterocycles. The standard InChI is InChI=1S/C21H15FN4/c22-19-6-4-17(5-7-19)21(18-8-10-24-11-9-18)14-25-20(26-21)16-3-1-2-15(12-16)13-23/h1-12H,14H2,(H,25,26). The second-order valence-corrected chi connectivity index (χ2v) is 6.13. The van der Waals surface area contributed by atoms with Gasteiger partial charge in [-0.25, -0.2) is 4.39 Å². The second kappa shape index (κ2) is 6.41. The predicted octanol–water partition coefficient (Wildman–Crippen LogP) is 3.39. The molecule has 0 radical (unpaired) electrons. The maximum atomic E-state index is 13.4. The van der Waals surface area contributed by atoms with E-state index in [9.17, 15) is 4.39 Å². The van der Waals surface area contributed by atoms with Gasteiger partial charge in [0.25, 0.3) is 0 Å². The van der Waals surface area contributed by atoms with Crippen molar-refractivity contribution in [1.82, 2.24) is 10.3 Å². The minimum atomic E-state index is -0.603. The maximum Gasteiger partial charge on any atom is 0.129 e. The molecule has 4 nitrogen and oxygen atoms in total. The average molecular weight is 342 g/mol. The van der Waals surface area contributed by atoms with Gasteiger partial charge in [-0.2, -0.15) is 5.26 Å². The summed E-state index contributed by atoms with van der Waals surface area (Å²) in [7, 11) is 0. The fraction of sp³-hybridized carbons (Fsp3) is 0.0952. The Kier molecular flexibility index (Phi) is 3.94. The van der Waals surface area contributed by atoms with Crippen molar-refractivity contribution in [2.24, 2.45) is 4.99 Å². The smallest absolute Gasteiger partial charge is 0.129 e. The van der Waals surface area contributed by atoms with Crippen LogP contribution < -0.4 is 5.32 Å². The Morgan fingerprint density at radius 1 is 1.00 bits per heavy atom. The van der Waals surface area contributed by atoms with Crippen molar-refractivity contribution in [2.75, 3.05) is 6.54 Å². The summed E-state index contributed by atoms with van der Waals surface area (Å²) in [6.07, 6.45) is 3.47. The first-order valence-corrected chi connectivity index (χ1v) is 8.21. The topological polar surface area (TPSA) is 61.1 Å². The van der Waals surface area contributed by atoms with Gasteiger partial charge in [-0.15, -0.1) is 0 Å². The van der Waals surface area contributed by atoms with Crippen LogP contribution in [0.2, 0.25) is 0 Å². The van der Waals surface area contributed by atoms with E-state index in [-0.39, 0.29) is 5.82 Å². The normalized spacial score (nSPS) is 18.7. The molecule has 26 heavy (non-hydrogen) atoms. The lowest BCUT2D eigenvalue weighted by molar-refractivity contribution is 0.521. The van der Waals surface area contributed by atoms with E-state index >= 15 is 0 Å². The third kappa shape index (κ3) is 2.72. The Hall–Kier alpha value is -3.52. The summed E-state index contributed by atoms with van der Waals surface area (Å²) in [5.41, 5.74) is 2.74. The van der Waals surface area contributed by atoms with Crippen molar-refractivity contribution in [3.05, 3.63) is 101 Å². The summed E-state index contributed by atoms with van der Waals surface area (Å²) in [4.78, 5) is 8.79. The fourth-order valence-electron chi connectivity index (χ4n) is 3.24. The molecule has 1 unspecified atom stereocenters. The molecule has 0 amide bonds. The number of nitrogens with one attached hydrogen (secondary N) is 1. The minimum Gasteiger partial charge on any atom is -0.355 e. The van der Waals surface area contributed by atoms with Gasteiger partial charge in [-0.05, 0) is 47.5 Å². The zero-order valence-corrected chi connectivity index (χ0v) is 13.9. The van der Waals surface area contributed by atoms with Gasteiger partial charge in [-0.1, -0.05) is 24.3 Å². The minimum absolute atomic E-state index is 0.278. The van der Waals surface area contributed by atoms with E-state index in [0.29, 0.717) is 17.9 Å². The molecule has 1 N–H and O–H groups in total. The largest absolute Gasteiger partial charge is 0.355 e. The molecule has 0 fully saturated rings. The Morgan fingerprint density at radius 2 is 1.73 bits per heavy atom. The molecular weight excluding hydrogens is 327 g/mol. The molecule has 1 atom stereocenters. The Balaban J connectivity index is 1.77. The summed E-state index contributed by atoms with van der Waals surface area (Å²) in [6.45, 7) is 0.467. The molecule has 1 aliphatic rings. The first-order chi connectivity index (χ1) is 12.7. The summed E-state index contributed by atoms with van der Waals surface area (Å²) in [5, 5.41) is 12.7. The molecule has 2 heterocycles. The maximum absolute atomic E-state index is 13.4. The van der Waals surface area contributed by atoms with Gasteiger partial charge < -0.3 is 5.32 Å². The molecule has 0 saturated carbocycles. The fourth-order valence-corrected chi connectivity index (χ4v) is 3.24. The zero-order chi connectivity index (χ0) is 18.0. The quantitative estimate of drug-likeness (QED) is 0.794. The van der Waals surface area contributed by atoms with E-state index in [1.807, 2.05) is 24.3 Å². The van der Waals surface area contributed by atoms with Gasteiger partial charge in [0.2, 0.25) is 0 Å². The van der Waals surface area contributed by atoms with Crippen LogP contribution >= 0.6 is 0 Å². The molecule has 0 spiro atoms. The Labute approximate surface area is 150 Å². The third-order valence-electron chi connectivity index (χ3n) is 4.58. The lowest BCUT2D eigenvalue weighted by atomic mass is 9.83. The van der Waals surface area contributed by atoms with E-state index in [2.05, 4.69) is 16.4 Å². The van der Waals surface area contributed by atoms with E-state index in [1.54, 1.807) is 36.7 Å². The van der Waals surface area contributed by atoms with Crippen LogP contribution in [0.4, 0.5) is 4.39 Å². The lowest BCUT2D eigenvalue weighted by Crippen LogP contribution is -2.44. The molecule has 5 heteroatoms. The van der Waals surface area contributed by atoms with Gasteiger partial charge in [0.15, 0.2) is 0 Å². The first-order valence-electron chi connectivity index (χ1n) is 8.21. The summed E-state index contributed by atoms with van der Waals surface area (Å²) >= 11 is 0. The molecule has 4 rings (SSSR count). The zero-order valence-electron chi connectivity index (χ0n) is 13.9. The van der Waals surface area contributed by atoms with Crippen LogP contribution in [-0.4, -0.2) is 17.4 Å². The number of nitrogens with zero attached hydrogens (tertiary/aromatic N) is 3. The van der Waals surface area contributed by atoms with Crippen molar-refractivity contribution in [3.63, 3.8) is 0 Å². The van der Waals surface area contributed by atoms with Gasteiger partial charge in [0.1, 0.15) is 17.2 Å². The van der Waals surface area contributed by atoms with Gasteiger partial charge in [-0.3, -0.25) is 9.98 Å². The number of hydrogen-bond donors (Lipinski definition) is 1. The van der Waals surface area contributed by atoms with E-state index in [4.69, 9.17) is 10.3 Å². The van der Waals surface area contributed by atoms with Crippen LogP contribution in [0.15, 0.2) is 78.0 Å². The van der Waals surface area contributed by atoms with Gasteiger partial charge >= 0.3 is 0 Å². The van der Waals surface area contributed by atoms with Crippen LogP contribution in [0.5, 0.6) is 0 Å². The van der Waals surface area contributed by atoms with Crippen molar-refractivity contribution < 1.29 is 4.39 Å². The van der Waals surface area contributed by atoms with Crippen molar-refractivity contribution >= 4 is 5.84 Å². The SMILES string of the molecule is N#Cc1cccc(C2=NCC(c3ccncc3)(c3ccc(F)cc3)N2)c1. The predicted molar refractivity (Wildman–Crippen MR) is 97.1 cm³/mol. The summed E-state index contributed by atoms with van der Waals surface area (Å²) in [6, 6.07) is 19.8. The van der Waals surface area contributed by atoms with E-state index in [1.165, 1.54) is 12.1 Å². The van der Waals surface area contributed by atoms with Gasteiger partial charge in [0.05, 0.1) is 18.2 Å². The molecule has 1 aromatic heterocycles. The third-order valence-corrected chi connectivity index (χ3v) is 4.58. The van der Waals surface area contributed by atoms with Crippen LogP contribution in [0.25, 0.3) is 0 Å². The molecule has 0 saturated heterocycles. The Bertz CT molecular complexity index is 1010. The summed E-state index contributed by atoms with van der Waals surface area (Å²) < 4.78 is 13.4. The molecular formula is C21H15FN4. The number of amidine groups is 1. The highest BCUT2D eigenvalue weighted by molar-refractivity contribution is 6.01. The molecule has 126 valence electrons. The number of halogens is 1. The number of hydrogen-bond acceptors (Lipinski definition) is 4. The van der Waals surface area contributed by atoms with Crippen molar-refractivity contribution in [3.8, 4) is 6.07 Å². The first kappa shape index (κ1) is 16.0. The summed E-state index contributed by atoms with van der Waals surface area (Å²) in [5.74, 6) is 0.433. The molecule has 0 bridgehead atoms. The monoisotopic (exact) mass is 342 g/mol. The number of aliphatic imine (C=N–C) groups is 1. The van der Waals surface area contributed by atoms with Crippen molar-refractivity contribution in [2.45, 2.75) is 5.54 Å².